The molecule has 0 radical (unpaired) electrons. The van der Waals surface area contributed by atoms with Crippen LogP contribution in [0.2, 0.25) is 10.0 Å². The van der Waals surface area contributed by atoms with Gasteiger partial charge in [-0.3, -0.25) is 0 Å². The molecule has 0 bridgehead atoms. The molecule has 6 heteroatoms. The lowest BCUT2D eigenvalue weighted by molar-refractivity contribution is 0.269. The van der Waals surface area contributed by atoms with Gasteiger partial charge in [0.1, 0.15) is 6.61 Å². The Kier molecular flexibility index (Phi) is 8.55. The van der Waals surface area contributed by atoms with Crippen molar-refractivity contribution in [2.75, 3.05) is 13.2 Å². The third-order valence-electron chi connectivity index (χ3n) is 3.71. The van der Waals surface area contributed by atoms with Crippen LogP contribution in [0.4, 0.5) is 0 Å². The monoisotopic (exact) mass is 459 g/mol. The van der Waals surface area contributed by atoms with Crippen molar-refractivity contribution in [1.29, 1.82) is 0 Å². The summed E-state index contributed by atoms with van der Waals surface area (Å²) in [6, 6.07) is 9.35. The molecule has 0 aromatic heterocycles. The summed E-state index contributed by atoms with van der Waals surface area (Å²) in [7, 11) is 0. The molecule has 0 saturated heterocycles. The van der Waals surface area contributed by atoms with Crippen LogP contribution >= 0.6 is 39.1 Å². The molecule has 0 saturated carbocycles. The molecule has 0 heterocycles. The van der Waals surface area contributed by atoms with Gasteiger partial charge in [0.25, 0.3) is 0 Å². The highest BCUT2D eigenvalue weighted by molar-refractivity contribution is 9.10. The van der Waals surface area contributed by atoms with E-state index < -0.39 is 0 Å². The lowest BCUT2D eigenvalue weighted by Crippen LogP contribution is -2.19. The zero-order valence-corrected chi connectivity index (χ0v) is 18.3. The van der Waals surface area contributed by atoms with E-state index in [0.717, 1.165) is 28.7 Å². The Hall–Kier alpha value is -0.940. The molecule has 142 valence electrons. The Bertz CT molecular complexity index is 718. The number of hydrogen-bond donors (Lipinski definition) is 1. The van der Waals surface area contributed by atoms with Crippen LogP contribution in [0.3, 0.4) is 0 Å². The Morgan fingerprint density at radius 1 is 1.08 bits per heavy atom. The average Bonchev–Trinajstić information content (AvgIpc) is 2.57. The molecule has 2 aromatic rings. The molecular formula is C20H24BrCl2NO2. The van der Waals surface area contributed by atoms with E-state index in [4.69, 9.17) is 32.7 Å². The van der Waals surface area contributed by atoms with Crippen LogP contribution in [0, 0.1) is 5.92 Å². The summed E-state index contributed by atoms with van der Waals surface area (Å²) in [6.45, 7) is 8.87. The van der Waals surface area contributed by atoms with Crippen LogP contribution in [-0.2, 0) is 13.2 Å². The first kappa shape index (κ1) is 21.4. The lowest BCUT2D eigenvalue weighted by Gasteiger charge is -2.16. The number of hydrogen-bond acceptors (Lipinski definition) is 3. The Labute approximate surface area is 174 Å². The summed E-state index contributed by atoms with van der Waals surface area (Å²) in [4.78, 5) is 0. The van der Waals surface area contributed by atoms with Crippen molar-refractivity contribution in [3.63, 3.8) is 0 Å². The maximum absolute atomic E-state index is 6.22. The van der Waals surface area contributed by atoms with Crippen molar-refractivity contribution >= 4 is 39.1 Å². The first-order valence-corrected chi connectivity index (χ1v) is 10.2. The molecule has 0 atom stereocenters. The molecule has 26 heavy (non-hydrogen) atoms. The van der Waals surface area contributed by atoms with Gasteiger partial charge in [-0.25, -0.2) is 0 Å². The molecular weight excluding hydrogens is 437 g/mol. The van der Waals surface area contributed by atoms with Gasteiger partial charge >= 0.3 is 0 Å². The van der Waals surface area contributed by atoms with Crippen LogP contribution in [-0.4, -0.2) is 13.2 Å². The van der Waals surface area contributed by atoms with Crippen molar-refractivity contribution in [2.45, 2.75) is 33.9 Å². The van der Waals surface area contributed by atoms with Crippen molar-refractivity contribution in [3.05, 3.63) is 56.0 Å². The number of nitrogens with one attached hydrogen (secondary N) is 1. The maximum atomic E-state index is 6.22. The van der Waals surface area contributed by atoms with Gasteiger partial charge in [0.05, 0.1) is 6.61 Å². The van der Waals surface area contributed by atoms with Crippen LogP contribution < -0.4 is 14.8 Å². The fraction of sp³-hybridized carbons (Fsp3) is 0.400. The van der Waals surface area contributed by atoms with E-state index in [-0.39, 0.29) is 6.61 Å². The molecule has 0 aliphatic heterocycles. The third kappa shape index (κ3) is 6.05. The van der Waals surface area contributed by atoms with Crippen LogP contribution in [0.1, 0.15) is 31.9 Å². The summed E-state index contributed by atoms with van der Waals surface area (Å²) in [5.41, 5.74) is 1.88. The van der Waals surface area contributed by atoms with E-state index in [0.29, 0.717) is 34.1 Å². The molecule has 0 spiro atoms. The SMILES string of the molecule is CCOc1cc(CNCC(C)C)c(Br)cc1OCc1c(Cl)cccc1Cl. The van der Waals surface area contributed by atoms with E-state index >= 15 is 0 Å². The topological polar surface area (TPSA) is 30.5 Å². The second kappa shape index (κ2) is 10.4. The molecule has 0 fully saturated rings. The second-order valence-electron chi connectivity index (χ2n) is 6.34. The van der Waals surface area contributed by atoms with Crippen LogP contribution in [0.15, 0.2) is 34.8 Å². The van der Waals surface area contributed by atoms with Gasteiger partial charge in [-0.05, 0) is 49.2 Å². The van der Waals surface area contributed by atoms with E-state index in [1.165, 1.54) is 0 Å². The summed E-state index contributed by atoms with van der Waals surface area (Å²) < 4.78 is 12.7. The van der Waals surface area contributed by atoms with Gasteiger partial charge in [0.2, 0.25) is 0 Å². The zero-order valence-electron chi connectivity index (χ0n) is 15.2. The molecule has 0 amide bonds. The molecule has 3 nitrogen and oxygen atoms in total. The Morgan fingerprint density at radius 2 is 1.73 bits per heavy atom. The molecule has 0 unspecified atom stereocenters. The molecule has 1 N–H and O–H groups in total. The van der Waals surface area contributed by atoms with Gasteiger partial charge in [0, 0.05) is 26.6 Å². The van der Waals surface area contributed by atoms with Crippen molar-refractivity contribution in [3.8, 4) is 11.5 Å². The predicted octanol–water partition coefficient (Wildman–Crippen LogP) is 6.48. The van der Waals surface area contributed by atoms with E-state index in [2.05, 4.69) is 35.1 Å². The van der Waals surface area contributed by atoms with Crippen molar-refractivity contribution in [1.82, 2.24) is 5.32 Å². The smallest absolute Gasteiger partial charge is 0.162 e. The summed E-state index contributed by atoms with van der Waals surface area (Å²) in [5.74, 6) is 1.96. The normalized spacial score (nSPS) is 11.0. The van der Waals surface area contributed by atoms with Crippen LogP contribution in [0.5, 0.6) is 11.5 Å². The number of rotatable bonds is 9. The highest BCUT2D eigenvalue weighted by Gasteiger charge is 2.13. The van der Waals surface area contributed by atoms with E-state index in [9.17, 15) is 0 Å². The van der Waals surface area contributed by atoms with Gasteiger partial charge in [-0.2, -0.15) is 0 Å². The lowest BCUT2D eigenvalue weighted by atomic mass is 10.1. The third-order valence-corrected chi connectivity index (χ3v) is 5.16. The highest BCUT2D eigenvalue weighted by Crippen LogP contribution is 2.35. The quantitative estimate of drug-likeness (QED) is 0.464. The fourth-order valence-corrected chi connectivity index (χ4v) is 3.38. The van der Waals surface area contributed by atoms with Gasteiger partial charge < -0.3 is 14.8 Å². The van der Waals surface area contributed by atoms with Crippen molar-refractivity contribution in [2.24, 2.45) is 5.92 Å². The second-order valence-corrected chi connectivity index (χ2v) is 8.01. The van der Waals surface area contributed by atoms with E-state index in [1.54, 1.807) is 12.1 Å². The molecule has 0 aliphatic carbocycles. The fourth-order valence-electron chi connectivity index (χ4n) is 2.41. The number of halogens is 3. The predicted molar refractivity (Wildman–Crippen MR) is 113 cm³/mol. The van der Waals surface area contributed by atoms with E-state index in [1.807, 2.05) is 25.1 Å². The minimum absolute atomic E-state index is 0.274. The Balaban J connectivity index is 2.17. The average molecular weight is 461 g/mol. The molecule has 2 aromatic carbocycles. The minimum Gasteiger partial charge on any atom is -0.490 e. The molecule has 0 aliphatic rings. The summed E-state index contributed by atoms with van der Waals surface area (Å²) in [5, 5.41) is 4.62. The van der Waals surface area contributed by atoms with Gasteiger partial charge in [0.15, 0.2) is 11.5 Å². The highest BCUT2D eigenvalue weighted by atomic mass is 79.9. The van der Waals surface area contributed by atoms with Crippen molar-refractivity contribution < 1.29 is 9.47 Å². The maximum Gasteiger partial charge on any atom is 0.162 e. The first-order chi connectivity index (χ1) is 12.4. The molecule has 2 rings (SSSR count). The largest absolute Gasteiger partial charge is 0.490 e. The number of ether oxygens (including phenoxy) is 2. The van der Waals surface area contributed by atoms with Gasteiger partial charge in [-0.15, -0.1) is 0 Å². The first-order valence-electron chi connectivity index (χ1n) is 8.64. The minimum atomic E-state index is 0.274. The Morgan fingerprint density at radius 3 is 2.35 bits per heavy atom. The van der Waals surface area contributed by atoms with Crippen LogP contribution in [0.25, 0.3) is 0 Å². The summed E-state index contributed by atoms with van der Waals surface area (Å²) in [6.07, 6.45) is 0. The standard InChI is InChI=1S/C20H24BrCl2NO2/c1-4-25-19-8-14(11-24-10-13(2)3)16(21)9-20(19)26-12-15-17(22)6-5-7-18(15)23/h5-9,13,24H,4,10-12H2,1-3H3. The number of benzene rings is 2. The zero-order chi connectivity index (χ0) is 19.1. The summed E-state index contributed by atoms with van der Waals surface area (Å²) >= 11 is 16.1. The van der Waals surface area contributed by atoms with Gasteiger partial charge in [-0.1, -0.05) is 59.0 Å².